The molecule has 0 aromatic heterocycles. The van der Waals surface area contributed by atoms with Crippen molar-refractivity contribution in [1.82, 2.24) is 5.32 Å². The lowest BCUT2D eigenvalue weighted by Gasteiger charge is -2.22. The fourth-order valence-electron chi connectivity index (χ4n) is 2.61. The molecule has 0 radical (unpaired) electrons. The number of hydrogen-bond acceptors (Lipinski definition) is 3. The lowest BCUT2D eigenvalue weighted by Crippen LogP contribution is -2.33. The van der Waals surface area contributed by atoms with Gasteiger partial charge in [0.2, 0.25) is 0 Å². The molecule has 0 aliphatic heterocycles. The van der Waals surface area contributed by atoms with Crippen LogP contribution in [0.3, 0.4) is 0 Å². The Bertz CT molecular complexity index is 469. The normalized spacial score (nSPS) is 24.7. The van der Waals surface area contributed by atoms with Crippen LogP contribution in [0, 0.1) is 23.1 Å². The molecule has 1 aromatic carbocycles. The molecule has 0 amide bonds. The second kappa shape index (κ2) is 5.36. The van der Waals surface area contributed by atoms with E-state index in [0.717, 1.165) is 25.3 Å². The van der Waals surface area contributed by atoms with Crippen LogP contribution in [-0.2, 0) is 0 Å². The van der Waals surface area contributed by atoms with Crippen LogP contribution in [0.25, 0.3) is 0 Å². The van der Waals surface area contributed by atoms with Gasteiger partial charge in [0.25, 0.3) is 0 Å². The topological polar surface area (TPSA) is 56.0 Å². The highest BCUT2D eigenvalue weighted by Crippen LogP contribution is 2.30. The summed E-state index contributed by atoms with van der Waals surface area (Å²) < 4.78 is 12.9. The molecule has 18 heavy (non-hydrogen) atoms. The van der Waals surface area contributed by atoms with Gasteiger partial charge < -0.3 is 10.4 Å². The third-order valence-corrected chi connectivity index (χ3v) is 3.60. The average molecular weight is 248 g/mol. The zero-order chi connectivity index (χ0) is 13.1. The average Bonchev–Trinajstić information content (AvgIpc) is 2.76. The Morgan fingerprint density at radius 1 is 1.50 bits per heavy atom. The molecule has 96 valence electrons. The van der Waals surface area contributed by atoms with Gasteiger partial charge in [0.15, 0.2) is 0 Å². The molecule has 2 rings (SSSR count). The highest BCUT2D eigenvalue weighted by molar-refractivity contribution is 5.35. The molecule has 0 heterocycles. The van der Waals surface area contributed by atoms with E-state index >= 15 is 0 Å². The maximum atomic E-state index is 12.9. The van der Waals surface area contributed by atoms with Gasteiger partial charge in [-0.3, -0.25) is 0 Å². The van der Waals surface area contributed by atoms with Crippen LogP contribution in [0.5, 0.6) is 5.75 Å². The van der Waals surface area contributed by atoms with Gasteiger partial charge in [0, 0.05) is 23.7 Å². The number of phenolic OH excluding ortho intramolecular Hbond substituents is 1. The van der Waals surface area contributed by atoms with Gasteiger partial charge in [-0.2, -0.15) is 5.26 Å². The van der Waals surface area contributed by atoms with E-state index in [2.05, 4.69) is 11.4 Å². The number of hydrogen-bond donors (Lipinski definition) is 2. The smallest absolute Gasteiger partial charge is 0.126 e. The van der Waals surface area contributed by atoms with Gasteiger partial charge in [-0.1, -0.05) is 12.5 Å². The van der Waals surface area contributed by atoms with E-state index in [-0.39, 0.29) is 23.8 Å². The van der Waals surface area contributed by atoms with E-state index < -0.39 is 5.82 Å². The Morgan fingerprint density at radius 2 is 2.28 bits per heavy atom. The standard InChI is InChI=1S/C14H17FN2O/c1-9(12-6-5-11(15)7-14(12)18)17-13-4-2-3-10(13)8-16/h5-7,9-10,13,17-18H,2-4H2,1H3. The number of halogens is 1. The number of benzene rings is 1. The van der Waals surface area contributed by atoms with E-state index in [4.69, 9.17) is 5.26 Å². The van der Waals surface area contributed by atoms with E-state index in [9.17, 15) is 9.50 Å². The maximum absolute atomic E-state index is 12.9. The predicted molar refractivity (Wildman–Crippen MR) is 66.4 cm³/mol. The third-order valence-electron chi connectivity index (χ3n) is 3.60. The summed E-state index contributed by atoms with van der Waals surface area (Å²) in [4.78, 5) is 0. The minimum Gasteiger partial charge on any atom is -0.508 e. The third kappa shape index (κ3) is 2.62. The van der Waals surface area contributed by atoms with E-state index in [1.54, 1.807) is 6.07 Å². The Kier molecular flexibility index (Phi) is 3.83. The summed E-state index contributed by atoms with van der Waals surface area (Å²) in [5.41, 5.74) is 0.667. The number of nitriles is 1. The summed E-state index contributed by atoms with van der Waals surface area (Å²) in [6.07, 6.45) is 2.96. The number of nitrogens with one attached hydrogen (secondary N) is 1. The molecule has 3 nitrogen and oxygen atoms in total. The van der Waals surface area contributed by atoms with Crippen molar-refractivity contribution in [2.45, 2.75) is 38.3 Å². The molecule has 2 N–H and O–H groups in total. The number of nitrogens with zero attached hydrogens (tertiary/aromatic N) is 1. The maximum Gasteiger partial charge on any atom is 0.126 e. The number of aromatic hydroxyl groups is 1. The van der Waals surface area contributed by atoms with Gasteiger partial charge >= 0.3 is 0 Å². The zero-order valence-electron chi connectivity index (χ0n) is 10.4. The fourth-order valence-corrected chi connectivity index (χ4v) is 2.61. The molecule has 1 saturated carbocycles. The zero-order valence-corrected chi connectivity index (χ0v) is 10.4. The summed E-state index contributed by atoms with van der Waals surface area (Å²) in [6, 6.07) is 6.41. The molecule has 3 unspecified atom stereocenters. The van der Waals surface area contributed by atoms with Crippen molar-refractivity contribution in [2.75, 3.05) is 0 Å². The highest BCUT2D eigenvalue weighted by atomic mass is 19.1. The summed E-state index contributed by atoms with van der Waals surface area (Å²) in [6.45, 7) is 1.92. The van der Waals surface area contributed by atoms with Crippen LogP contribution >= 0.6 is 0 Å². The van der Waals surface area contributed by atoms with Crippen LogP contribution in [-0.4, -0.2) is 11.1 Å². The van der Waals surface area contributed by atoms with Gasteiger partial charge in [-0.15, -0.1) is 0 Å². The van der Waals surface area contributed by atoms with E-state index in [0.29, 0.717) is 5.56 Å². The van der Waals surface area contributed by atoms with Crippen molar-refractivity contribution in [1.29, 1.82) is 5.26 Å². The van der Waals surface area contributed by atoms with Gasteiger partial charge in [0.1, 0.15) is 11.6 Å². The Hall–Kier alpha value is -1.60. The van der Waals surface area contributed by atoms with Crippen molar-refractivity contribution < 1.29 is 9.50 Å². The quantitative estimate of drug-likeness (QED) is 0.864. The largest absolute Gasteiger partial charge is 0.508 e. The molecule has 1 aromatic rings. The molecule has 3 atom stereocenters. The first-order chi connectivity index (χ1) is 8.61. The second-order valence-electron chi connectivity index (χ2n) is 4.86. The van der Waals surface area contributed by atoms with Crippen LogP contribution in [0.4, 0.5) is 4.39 Å². The lowest BCUT2D eigenvalue weighted by atomic mass is 10.0. The molecule has 4 heteroatoms. The Morgan fingerprint density at radius 3 is 2.94 bits per heavy atom. The van der Waals surface area contributed by atoms with Crippen molar-refractivity contribution in [3.05, 3.63) is 29.6 Å². The van der Waals surface area contributed by atoms with E-state index in [1.165, 1.54) is 6.07 Å². The van der Waals surface area contributed by atoms with Crippen LogP contribution < -0.4 is 5.32 Å². The summed E-state index contributed by atoms with van der Waals surface area (Å²) in [5, 5.41) is 22.1. The molecule has 0 spiro atoms. The molecule has 1 aliphatic rings. The summed E-state index contributed by atoms with van der Waals surface area (Å²) in [5.74, 6) is -0.448. The van der Waals surface area contributed by atoms with Gasteiger partial charge in [-0.25, -0.2) is 4.39 Å². The first-order valence-corrected chi connectivity index (χ1v) is 6.26. The SMILES string of the molecule is CC(NC1CCCC1C#N)c1ccc(F)cc1O. The fraction of sp³-hybridized carbons (Fsp3) is 0.500. The number of rotatable bonds is 3. The molecule has 0 saturated heterocycles. The lowest BCUT2D eigenvalue weighted by molar-refractivity contribution is 0.399. The predicted octanol–water partition coefficient (Wildman–Crippen LogP) is 2.87. The van der Waals surface area contributed by atoms with Gasteiger partial charge in [-0.05, 0) is 25.8 Å². The van der Waals surface area contributed by atoms with Crippen molar-refractivity contribution in [2.24, 2.45) is 5.92 Å². The first kappa shape index (κ1) is 12.8. The van der Waals surface area contributed by atoms with Crippen molar-refractivity contribution >= 4 is 0 Å². The molecular weight excluding hydrogens is 231 g/mol. The van der Waals surface area contributed by atoms with Crippen molar-refractivity contribution in [3.8, 4) is 11.8 Å². The molecule has 1 aliphatic carbocycles. The molecule has 0 bridgehead atoms. The van der Waals surface area contributed by atoms with Crippen LogP contribution in [0.1, 0.15) is 37.8 Å². The number of phenols is 1. The summed E-state index contributed by atoms with van der Waals surface area (Å²) >= 11 is 0. The van der Waals surface area contributed by atoms with Gasteiger partial charge in [0.05, 0.1) is 12.0 Å². The van der Waals surface area contributed by atoms with E-state index in [1.807, 2.05) is 6.92 Å². The molecule has 1 fully saturated rings. The minimum atomic E-state index is -0.445. The second-order valence-corrected chi connectivity index (χ2v) is 4.86. The first-order valence-electron chi connectivity index (χ1n) is 6.26. The highest BCUT2D eigenvalue weighted by Gasteiger charge is 2.28. The molecular formula is C14H17FN2O. The Balaban J connectivity index is 2.08. The van der Waals surface area contributed by atoms with Crippen molar-refractivity contribution in [3.63, 3.8) is 0 Å². The summed E-state index contributed by atoms with van der Waals surface area (Å²) in [7, 11) is 0. The Labute approximate surface area is 106 Å². The minimum absolute atomic E-state index is 0.0371. The van der Waals surface area contributed by atoms with Crippen LogP contribution in [0.15, 0.2) is 18.2 Å². The monoisotopic (exact) mass is 248 g/mol. The van der Waals surface area contributed by atoms with Crippen LogP contribution in [0.2, 0.25) is 0 Å².